The van der Waals surface area contributed by atoms with Crippen LogP contribution in [-0.4, -0.2) is 20.9 Å². The Hall–Kier alpha value is -2.36. The molecule has 2 aromatic rings. The predicted octanol–water partition coefficient (Wildman–Crippen LogP) is 2.05. The summed E-state index contributed by atoms with van der Waals surface area (Å²) in [5.74, 6) is -0.944. The highest BCUT2D eigenvalue weighted by Crippen LogP contribution is 2.17. The van der Waals surface area contributed by atoms with Crippen molar-refractivity contribution in [2.45, 2.75) is 0 Å². The van der Waals surface area contributed by atoms with Gasteiger partial charge in [0, 0.05) is 18.8 Å². The normalized spacial score (nSPS) is 11.5. The van der Waals surface area contributed by atoms with Gasteiger partial charge >= 0.3 is 5.97 Å². The highest BCUT2D eigenvalue weighted by Gasteiger charge is 2.10. The van der Waals surface area contributed by atoms with Crippen molar-refractivity contribution in [1.29, 1.82) is 0 Å². The fourth-order valence-electron chi connectivity index (χ4n) is 1.57. The summed E-state index contributed by atoms with van der Waals surface area (Å²) in [4.78, 5) is 11.2. The molecule has 17 heavy (non-hydrogen) atoms. The van der Waals surface area contributed by atoms with E-state index in [4.69, 9.17) is 0 Å². The molecular formula is C13H12N2O2. The Balaban J connectivity index is 2.43. The number of hydrogen-bond donors (Lipinski definition) is 1. The smallest absolute Gasteiger partial charge is 0.336 e. The molecule has 0 saturated heterocycles. The standard InChI is InChI=1S/C13H12N2O2/c1-15-9-10(8-14-15)7-12(13(16)17)11-5-3-2-4-6-11/h2-9H,1H3,(H,16,17). The van der Waals surface area contributed by atoms with Crippen molar-refractivity contribution >= 4 is 17.6 Å². The largest absolute Gasteiger partial charge is 0.478 e. The predicted molar refractivity (Wildman–Crippen MR) is 65.2 cm³/mol. The third kappa shape index (κ3) is 2.60. The lowest BCUT2D eigenvalue weighted by Crippen LogP contribution is -1.99. The number of hydrogen-bond acceptors (Lipinski definition) is 2. The average molecular weight is 228 g/mol. The summed E-state index contributed by atoms with van der Waals surface area (Å²) in [6.07, 6.45) is 5.02. The van der Waals surface area contributed by atoms with E-state index in [9.17, 15) is 9.90 Å². The Bertz CT molecular complexity index is 556. The molecule has 4 nitrogen and oxygen atoms in total. The number of aryl methyl sites for hydroxylation is 1. The molecule has 0 bridgehead atoms. The molecule has 0 aliphatic carbocycles. The molecule has 0 aliphatic rings. The average Bonchev–Trinajstić information content (AvgIpc) is 2.73. The minimum Gasteiger partial charge on any atom is -0.478 e. The van der Waals surface area contributed by atoms with Crippen LogP contribution in [0.2, 0.25) is 0 Å². The number of aliphatic carboxylic acids is 1. The molecule has 0 spiro atoms. The molecule has 0 aliphatic heterocycles. The zero-order valence-corrected chi connectivity index (χ0v) is 9.37. The number of nitrogens with zero attached hydrogens (tertiary/aromatic N) is 2. The monoisotopic (exact) mass is 228 g/mol. The molecule has 2 rings (SSSR count). The molecule has 0 amide bonds. The highest BCUT2D eigenvalue weighted by atomic mass is 16.4. The first-order chi connectivity index (χ1) is 8.16. The molecule has 1 aromatic carbocycles. The van der Waals surface area contributed by atoms with E-state index in [0.717, 1.165) is 5.56 Å². The van der Waals surface area contributed by atoms with Gasteiger partial charge in [0.15, 0.2) is 0 Å². The lowest BCUT2D eigenvalue weighted by atomic mass is 10.0. The molecule has 0 radical (unpaired) electrons. The van der Waals surface area contributed by atoms with Crippen molar-refractivity contribution < 1.29 is 9.90 Å². The Morgan fingerprint density at radius 1 is 1.35 bits per heavy atom. The maximum absolute atomic E-state index is 11.2. The second-order valence-electron chi connectivity index (χ2n) is 3.68. The Morgan fingerprint density at radius 2 is 2.06 bits per heavy atom. The van der Waals surface area contributed by atoms with Crippen LogP contribution in [0.5, 0.6) is 0 Å². The van der Waals surface area contributed by atoms with Gasteiger partial charge in [0.1, 0.15) is 0 Å². The summed E-state index contributed by atoms with van der Waals surface area (Å²) < 4.78 is 1.64. The molecule has 1 N–H and O–H groups in total. The van der Waals surface area contributed by atoms with Crippen molar-refractivity contribution in [3.8, 4) is 0 Å². The van der Waals surface area contributed by atoms with Crippen molar-refractivity contribution in [3.05, 3.63) is 53.9 Å². The lowest BCUT2D eigenvalue weighted by molar-refractivity contribution is -0.130. The lowest BCUT2D eigenvalue weighted by Gasteiger charge is -2.01. The van der Waals surface area contributed by atoms with Gasteiger partial charge in [-0.25, -0.2) is 4.79 Å². The van der Waals surface area contributed by atoms with E-state index in [-0.39, 0.29) is 5.57 Å². The van der Waals surface area contributed by atoms with Crippen molar-refractivity contribution in [2.24, 2.45) is 7.05 Å². The van der Waals surface area contributed by atoms with Gasteiger partial charge in [-0.2, -0.15) is 5.10 Å². The summed E-state index contributed by atoms with van der Waals surface area (Å²) >= 11 is 0. The van der Waals surface area contributed by atoms with E-state index in [1.165, 1.54) is 0 Å². The summed E-state index contributed by atoms with van der Waals surface area (Å²) in [6, 6.07) is 9.03. The van der Waals surface area contributed by atoms with E-state index in [1.54, 1.807) is 42.3 Å². The van der Waals surface area contributed by atoms with Crippen LogP contribution in [0.25, 0.3) is 11.6 Å². The van der Waals surface area contributed by atoms with Crippen LogP contribution in [0.15, 0.2) is 42.7 Å². The first-order valence-corrected chi connectivity index (χ1v) is 5.16. The van der Waals surface area contributed by atoms with Gasteiger partial charge in [-0.3, -0.25) is 4.68 Å². The quantitative estimate of drug-likeness (QED) is 0.818. The molecule has 0 unspecified atom stereocenters. The Kier molecular flexibility index (Phi) is 3.05. The third-order valence-electron chi connectivity index (χ3n) is 2.35. The van der Waals surface area contributed by atoms with Gasteiger partial charge in [-0.1, -0.05) is 30.3 Å². The van der Waals surface area contributed by atoms with Crippen molar-refractivity contribution in [3.63, 3.8) is 0 Å². The number of aromatic nitrogens is 2. The van der Waals surface area contributed by atoms with Gasteiger partial charge in [0.2, 0.25) is 0 Å². The van der Waals surface area contributed by atoms with E-state index < -0.39 is 5.97 Å². The zero-order chi connectivity index (χ0) is 12.3. The number of carboxylic acid groups (broad SMARTS) is 1. The second kappa shape index (κ2) is 4.65. The SMILES string of the molecule is Cn1cc(C=C(C(=O)O)c2ccccc2)cn1. The summed E-state index contributed by atoms with van der Waals surface area (Å²) in [5.41, 5.74) is 1.72. The first kappa shape index (κ1) is 11.1. The molecule has 0 fully saturated rings. The summed E-state index contributed by atoms with van der Waals surface area (Å²) in [5, 5.41) is 13.2. The molecule has 4 heteroatoms. The maximum Gasteiger partial charge on any atom is 0.336 e. The number of rotatable bonds is 3. The fourth-order valence-corrected chi connectivity index (χ4v) is 1.57. The minimum absolute atomic E-state index is 0.263. The van der Waals surface area contributed by atoms with Crippen LogP contribution in [0.3, 0.4) is 0 Å². The van der Waals surface area contributed by atoms with Crippen LogP contribution in [0.4, 0.5) is 0 Å². The van der Waals surface area contributed by atoms with Gasteiger partial charge in [-0.05, 0) is 11.6 Å². The fraction of sp³-hybridized carbons (Fsp3) is 0.0769. The van der Waals surface area contributed by atoms with Gasteiger partial charge in [0.05, 0.1) is 11.8 Å². The number of benzene rings is 1. The molecule has 86 valence electrons. The second-order valence-corrected chi connectivity index (χ2v) is 3.68. The highest BCUT2D eigenvalue weighted by molar-refractivity contribution is 6.20. The number of carboxylic acids is 1. The molecule has 0 atom stereocenters. The van der Waals surface area contributed by atoms with Crippen LogP contribution < -0.4 is 0 Å². The molecule has 1 heterocycles. The van der Waals surface area contributed by atoms with E-state index in [1.807, 2.05) is 18.2 Å². The molecule has 1 aromatic heterocycles. The van der Waals surface area contributed by atoms with Crippen LogP contribution >= 0.6 is 0 Å². The van der Waals surface area contributed by atoms with Crippen LogP contribution in [0.1, 0.15) is 11.1 Å². The zero-order valence-electron chi connectivity index (χ0n) is 9.37. The van der Waals surface area contributed by atoms with Gasteiger partial charge in [-0.15, -0.1) is 0 Å². The van der Waals surface area contributed by atoms with Crippen LogP contribution in [0, 0.1) is 0 Å². The maximum atomic E-state index is 11.2. The topological polar surface area (TPSA) is 55.1 Å². The van der Waals surface area contributed by atoms with E-state index in [2.05, 4.69) is 5.10 Å². The molecule has 0 saturated carbocycles. The number of carbonyl (C=O) groups is 1. The Morgan fingerprint density at radius 3 is 2.59 bits per heavy atom. The van der Waals surface area contributed by atoms with Crippen molar-refractivity contribution in [2.75, 3.05) is 0 Å². The van der Waals surface area contributed by atoms with Gasteiger partial charge in [0.25, 0.3) is 0 Å². The van der Waals surface area contributed by atoms with E-state index >= 15 is 0 Å². The van der Waals surface area contributed by atoms with Gasteiger partial charge < -0.3 is 5.11 Å². The molecular weight excluding hydrogens is 216 g/mol. The van der Waals surface area contributed by atoms with Crippen LogP contribution in [-0.2, 0) is 11.8 Å². The summed E-state index contributed by atoms with van der Waals surface area (Å²) in [6.45, 7) is 0. The first-order valence-electron chi connectivity index (χ1n) is 5.16. The Labute approximate surface area is 98.8 Å². The summed E-state index contributed by atoms with van der Waals surface area (Å²) in [7, 11) is 1.79. The minimum atomic E-state index is -0.944. The van der Waals surface area contributed by atoms with Crippen molar-refractivity contribution in [1.82, 2.24) is 9.78 Å². The third-order valence-corrected chi connectivity index (χ3v) is 2.35. The van der Waals surface area contributed by atoms with E-state index in [0.29, 0.717) is 5.56 Å².